The third kappa shape index (κ3) is 3.69. The molecule has 1 aromatic rings. The zero-order valence-electron chi connectivity index (χ0n) is 9.33. The van der Waals surface area contributed by atoms with Gasteiger partial charge in [-0.15, -0.1) is 0 Å². The number of rotatable bonds is 4. The fraction of sp³-hybridized carbons (Fsp3) is 0.385. The molecule has 2 heteroatoms. The minimum absolute atomic E-state index is 0.512. The summed E-state index contributed by atoms with van der Waals surface area (Å²) in [6, 6.07) is 7.97. The van der Waals surface area contributed by atoms with Gasteiger partial charge in [-0.3, -0.25) is 0 Å². The SMILES string of the molecule is CC(C)/C(=C\CCN)c1ccc(Cl)cc1. The van der Waals surface area contributed by atoms with Crippen molar-refractivity contribution in [2.45, 2.75) is 20.3 Å². The van der Waals surface area contributed by atoms with Gasteiger partial charge in [-0.1, -0.05) is 43.7 Å². The third-order valence-electron chi connectivity index (χ3n) is 2.33. The van der Waals surface area contributed by atoms with Gasteiger partial charge >= 0.3 is 0 Å². The summed E-state index contributed by atoms with van der Waals surface area (Å²) in [5, 5.41) is 0.778. The van der Waals surface area contributed by atoms with Gasteiger partial charge in [-0.2, -0.15) is 0 Å². The maximum atomic E-state index is 5.86. The van der Waals surface area contributed by atoms with Crippen LogP contribution in [0.5, 0.6) is 0 Å². The van der Waals surface area contributed by atoms with Gasteiger partial charge < -0.3 is 5.73 Å². The molecule has 0 unspecified atom stereocenters. The van der Waals surface area contributed by atoms with Crippen LogP contribution in [0.4, 0.5) is 0 Å². The minimum atomic E-state index is 0.512. The lowest BCUT2D eigenvalue weighted by molar-refractivity contribution is 0.847. The van der Waals surface area contributed by atoms with E-state index in [4.69, 9.17) is 17.3 Å². The van der Waals surface area contributed by atoms with Gasteiger partial charge in [0.2, 0.25) is 0 Å². The second kappa shape index (κ2) is 5.94. The lowest BCUT2D eigenvalue weighted by Gasteiger charge is -2.12. The van der Waals surface area contributed by atoms with Gasteiger partial charge in [-0.25, -0.2) is 0 Å². The molecule has 0 atom stereocenters. The molecule has 0 amide bonds. The van der Waals surface area contributed by atoms with Crippen LogP contribution in [0.3, 0.4) is 0 Å². The van der Waals surface area contributed by atoms with E-state index in [2.05, 4.69) is 32.1 Å². The highest BCUT2D eigenvalue weighted by Crippen LogP contribution is 2.24. The molecule has 0 fully saturated rings. The fourth-order valence-corrected chi connectivity index (χ4v) is 1.69. The number of hydrogen-bond acceptors (Lipinski definition) is 1. The van der Waals surface area contributed by atoms with E-state index in [1.807, 2.05) is 12.1 Å². The molecule has 0 aliphatic heterocycles. The number of nitrogens with two attached hydrogens (primary N) is 1. The van der Waals surface area contributed by atoms with E-state index in [0.717, 1.165) is 11.4 Å². The number of hydrogen-bond donors (Lipinski definition) is 1. The zero-order valence-corrected chi connectivity index (χ0v) is 10.1. The topological polar surface area (TPSA) is 26.0 Å². The summed E-state index contributed by atoms with van der Waals surface area (Å²) in [4.78, 5) is 0. The highest BCUT2D eigenvalue weighted by atomic mass is 35.5. The Labute approximate surface area is 96.9 Å². The van der Waals surface area contributed by atoms with E-state index in [-0.39, 0.29) is 0 Å². The molecule has 0 radical (unpaired) electrons. The van der Waals surface area contributed by atoms with Gasteiger partial charge in [0.1, 0.15) is 0 Å². The van der Waals surface area contributed by atoms with Crippen molar-refractivity contribution in [3.05, 3.63) is 40.9 Å². The number of allylic oxidation sites excluding steroid dienone is 1. The molecule has 1 aromatic carbocycles. The van der Waals surface area contributed by atoms with E-state index in [1.54, 1.807) is 0 Å². The van der Waals surface area contributed by atoms with E-state index >= 15 is 0 Å². The molecule has 0 saturated carbocycles. The molecular formula is C13H18ClN. The molecule has 0 saturated heterocycles. The Morgan fingerprint density at radius 2 is 1.93 bits per heavy atom. The van der Waals surface area contributed by atoms with Crippen LogP contribution < -0.4 is 5.73 Å². The van der Waals surface area contributed by atoms with Gasteiger partial charge in [0.15, 0.2) is 0 Å². The Bertz CT molecular complexity index is 325. The Hall–Kier alpha value is -0.790. The van der Waals surface area contributed by atoms with E-state index < -0.39 is 0 Å². The predicted octanol–water partition coefficient (Wildman–Crippen LogP) is 3.73. The Morgan fingerprint density at radius 3 is 2.40 bits per heavy atom. The molecule has 1 rings (SSSR count). The molecule has 0 aliphatic carbocycles. The molecular weight excluding hydrogens is 206 g/mol. The lowest BCUT2D eigenvalue weighted by atomic mass is 9.94. The quantitative estimate of drug-likeness (QED) is 0.827. The van der Waals surface area contributed by atoms with Crippen molar-refractivity contribution in [1.29, 1.82) is 0 Å². The Kier molecular flexibility index (Phi) is 4.86. The normalized spacial score (nSPS) is 12.2. The summed E-state index contributed by atoms with van der Waals surface area (Å²) in [5.74, 6) is 0.512. The second-order valence-electron chi connectivity index (χ2n) is 3.90. The first-order chi connectivity index (χ1) is 7.15. The van der Waals surface area contributed by atoms with E-state index in [1.165, 1.54) is 11.1 Å². The average Bonchev–Trinajstić information content (AvgIpc) is 2.21. The van der Waals surface area contributed by atoms with Gasteiger partial charge in [0.25, 0.3) is 0 Å². The highest BCUT2D eigenvalue weighted by molar-refractivity contribution is 6.30. The fourth-order valence-electron chi connectivity index (χ4n) is 1.57. The largest absolute Gasteiger partial charge is 0.330 e. The second-order valence-corrected chi connectivity index (χ2v) is 4.33. The van der Waals surface area contributed by atoms with Crippen molar-refractivity contribution < 1.29 is 0 Å². The zero-order chi connectivity index (χ0) is 11.3. The molecule has 2 N–H and O–H groups in total. The smallest absolute Gasteiger partial charge is 0.0406 e. The number of halogens is 1. The molecule has 0 aliphatic rings. The minimum Gasteiger partial charge on any atom is -0.330 e. The molecule has 0 bridgehead atoms. The number of benzene rings is 1. The van der Waals surface area contributed by atoms with Crippen LogP contribution in [0.15, 0.2) is 30.3 Å². The summed E-state index contributed by atoms with van der Waals surface area (Å²) in [5.41, 5.74) is 8.10. The summed E-state index contributed by atoms with van der Waals surface area (Å²) >= 11 is 5.86. The molecule has 15 heavy (non-hydrogen) atoms. The standard InChI is InChI=1S/C13H18ClN/c1-10(2)13(4-3-9-15)11-5-7-12(14)8-6-11/h4-8,10H,3,9,15H2,1-2H3/b13-4+. The molecule has 0 aromatic heterocycles. The van der Waals surface area contributed by atoms with Crippen LogP contribution in [0.25, 0.3) is 5.57 Å². The van der Waals surface area contributed by atoms with Crippen LogP contribution in [-0.2, 0) is 0 Å². The van der Waals surface area contributed by atoms with E-state index in [0.29, 0.717) is 12.5 Å². The van der Waals surface area contributed by atoms with Crippen LogP contribution in [0, 0.1) is 5.92 Å². The van der Waals surface area contributed by atoms with Crippen LogP contribution in [0.2, 0.25) is 5.02 Å². The maximum Gasteiger partial charge on any atom is 0.0406 e. The van der Waals surface area contributed by atoms with Crippen molar-refractivity contribution in [3.63, 3.8) is 0 Å². The summed E-state index contributed by atoms with van der Waals surface area (Å²) in [7, 11) is 0. The van der Waals surface area contributed by atoms with Crippen LogP contribution in [0.1, 0.15) is 25.8 Å². The Morgan fingerprint density at radius 1 is 1.33 bits per heavy atom. The third-order valence-corrected chi connectivity index (χ3v) is 2.58. The highest BCUT2D eigenvalue weighted by Gasteiger charge is 2.05. The molecule has 82 valence electrons. The first kappa shape index (κ1) is 12.3. The van der Waals surface area contributed by atoms with Crippen molar-refractivity contribution >= 4 is 17.2 Å². The summed E-state index contributed by atoms with van der Waals surface area (Å²) in [6.07, 6.45) is 3.14. The van der Waals surface area contributed by atoms with Gasteiger partial charge in [-0.05, 0) is 42.2 Å². The summed E-state index contributed by atoms with van der Waals surface area (Å²) < 4.78 is 0. The Balaban J connectivity index is 2.94. The predicted molar refractivity (Wildman–Crippen MR) is 67.9 cm³/mol. The van der Waals surface area contributed by atoms with E-state index in [9.17, 15) is 0 Å². The van der Waals surface area contributed by atoms with Crippen LogP contribution >= 0.6 is 11.6 Å². The first-order valence-corrected chi connectivity index (χ1v) is 5.69. The van der Waals surface area contributed by atoms with Crippen molar-refractivity contribution in [2.24, 2.45) is 11.7 Å². The lowest BCUT2D eigenvalue weighted by Crippen LogP contribution is -1.99. The van der Waals surface area contributed by atoms with Crippen LogP contribution in [-0.4, -0.2) is 6.54 Å². The van der Waals surface area contributed by atoms with Gasteiger partial charge in [0.05, 0.1) is 0 Å². The van der Waals surface area contributed by atoms with Crippen molar-refractivity contribution in [2.75, 3.05) is 6.54 Å². The van der Waals surface area contributed by atoms with Crippen molar-refractivity contribution in [1.82, 2.24) is 0 Å². The monoisotopic (exact) mass is 223 g/mol. The molecule has 0 spiro atoms. The molecule has 0 heterocycles. The first-order valence-electron chi connectivity index (χ1n) is 5.31. The summed E-state index contributed by atoms with van der Waals surface area (Å²) in [6.45, 7) is 5.08. The van der Waals surface area contributed by atoms with Gasteiger partial charge in [0, 0.05) is 5.02 Å². The average molecular weight is 224 g/mol. The van der Waals surface area contributed by atoms with Crippen molar-refractivity contribution in [3.8, 4) is 0 Å². The molecule has 1 nitrogen and oxygen atoms in total. The maximum absolute atomic E-state index is 5.86.